The molecule has 32 heavy (non-hydrogen) atoms. The quantitative estimate of drug-likeness (QED) is 0.521. The van der Waals surface area contributed by atoms with Gasteiger partial charge in [0.2, 0.25) is 11.8 Å². The Bertz CT molecular complexity index is 1110. The second-order valence-electron chi connectivity index (χ2n) is 8.03. The molecule has 1 aliphatic rings. The molecule has 4 rings (SSSR count). The van der Waals surface area contributed by atoms with Crippen molar-refractivity contribution in [2.75, 3.05) is 18.0 Å². The molecule has 0 spiro atoms. The lowest BCUT2D eigenvalue weighted by atomic mass is 9.97. The van der Waals surface area contributed by atoms with E-state index in [9.17, 15) is 14.0 Å². The lowest BCUT2D eigenvalue weighted by Crippen LogP contribution is -2.46. The second kappa shape index (κ2) is 9.39. The Labute approximate surface area is 188 Å². The van der Waals surface area contributed by atoms with E-state index in [0.717, 1.165) is 35.5 Å². The van der Waals surface area contributed by atoms with Crippen LogP contribution in [0.1, 0.15) is 50.4 Å². The van der Waals surface area contributed by atoms with Crippen LogP contribution in [0, 0.1) is 5.82 Å². The van der Waals surface area contributed by atoms with E-state index in [-0.39, 0.29) is 24.2 Å². The zero-order valence-corrected chi connectivity index (χ0v) is 18.5. The summed E-state index contributed by atoms with van der Waals surface area (Å²) in [5, 5.41) is 0. The molecule has 0 N–H and O–H groups in total. The normalized spacial score (nSPS) is 14.6. The number of carbonyl (C=O) groups is 2. The van der Waals surface area contributed by atoms with Gasteiger partial charge in [-0.05, 0) is 48.4 Å². The second-order valence-corrected chi connectivity index (χ2v) is 8.03. The highest BCUT2D eigenvalue weighted by atomic mass is 19.1. The van der Waals surface area contributed by atoms with Gasteiger partial charge in [0.25, 0.3) is 0 Å². The molecule has 0 radical (unpaired) electrons. The van der Waals surface area contributed by atoms with Gasteiger partial charge in [-0.3, -0.25) is 14.5 Å². The van der Waals surface area contributed by atoms with Gasteiger partial charge in [0, 0.05) is 19.2 Å². The zero-order chi connectivity index (χ0) is 22.7. The van der Waals surface area contributed by atoms with Crippen molar-refractivity contribution in [2.24, 2.45) is 0 Å². The molecule has 5 nitrogen and oxygen atoms in total. The van der Waals surface area contributed by atoms with Crippen molar-refractivity contribution in [2.45, 2.75) is 39.2 Å². The summed E-state index contributed by atoms with van der Waals surface area (Å²) in [6.45, 7) is 4.45. The lowest BCUT2D eigenvalue weighted by molar-refractivity contribution is -0.135. The molecule has 0 saturated carbocycles. The third kappa shape index (κ3) is 4.05. The van der Waals surface area contributed by atoms with Crippen LogP contribution in [0.15, 0.2) is 66.9 Å². The Morgan fingerprint density at radius 1 is 0.969 bits per heavy atom. The molecule has 0 fully saturated rings. The number of fused-ring (bicyclic) bond motifs is 3. The summed E-state index contributed by atoms with van der Waals surface area (Å²) in [5.41, 5.74) is 3.41. The highest BCUT2D eigenvalue weighted by Crippen LogP contribution is 2.42. The maximum atomic E-state index is 13.8. The van der Waals surface area contributed by atoms with Crippen LogP contribution in [0.2, 0.25) is 0 Å². The van der Waals surface area contributed by atoms with Gasteiger partial charge >= 0.3 is 0 Å². The molecule has 3 aromatic rings. The molecule has 6 heteroatoms. The van der Waals surface area contributed by atoms with Gasteiger partial charge in [0.15, 0.2) is 0 Å². The largest absolute Gasteiger partial charge is 0.333 e. The number of amides is 2. The van der Waals surface area contributed by atoms with Gasteiger partial charge in [0.05, 0.1) is 17.1 Å². The third-order valence-electron chi connectivity index (χ3n) is 5.94. The van der Waals surface area contributed by atoms with Crippen molar-refractivity contribution in [3.63, 3.8) is 0 Å². The SMILES string of the molecule is CCCCN(CC(=O)N1c2ccccc2-n2cccc2C1c1ccc(F)cc1)C(=O)CC. The van der Waals surface area contributed by atoms with Crippen molar-refractivity contribution in [1.82, 2.24) is 9.47 Å². The van der Waals surface area contributed by atoms with Crippen LogP contribution in [-0.4, -0.2) is 34.4 Å². The highest BCUT2D eigenvalue weighted by Gasteiger charge is 2.36. The number of unbranched alkanes of at least 4 members (excludes halogenated alkanes) is 1. The molecule has 0 aliphatic carbocycles. The van der Waals surface area contributed by atoms with Crippen LogP contribution in [0.3, 0.4) is 0 Å². The number of hydrogen-bond acceptors (Lipinski definition) is 2. The first-order valence-electron chi connectivity index (χ1n) is 11.2. The molecule has 0 bridgehead atoms. The number of hydrogen-bond donors (Lipinski definition) is 0. The van der Waals surface area contributed by atoms with E-state index in [1.54, 1.807) is 21.9 Å². The molecule has 1 aromatic heterocycles. The standard InChI is InChI=1S/C26H28FN3O2/c1-3-5-16-28(24(31)4-2)18-25(32)30-22-10-7-6-9-21(22)29-17-8-11-23(29)26(30)19-12-14-20(27)15-13-19/h6-15,17,26H,3-5,16,18H2,1-2H3. The number of halogens is 1. The molecular weight excluding hydrogens is 405 g/mol. The predicted octanol–water partition coefficient (Wildman–Crippen LogP) is 5.09. The van der Waals surface area contributed by atoms with Crippen molar-refractivity contribution < 1.29 is 14.0 Å². The van der Waals surface area contributed by atoms with E-state index in [4.69, 9.17) is 0 Å². The number of nitrogens with zero attached hydrogens (tertiary/aromatic N) is 3. The monoisotopic (exact) mass is 433 g/mol. The number of carbonyl (C=O) groups excluding carboxylic acids is 2. The first-order chi connectivity index (χ1) is 15.5. The summed E-state index contributed by atoms with van der Waals surface area (Å²) in [6, 6.07) is 17.5. The summed E-state index contributed by atoms with van der Waals surface area (Å²) < 4.78 is 15.7. The summed E-state index contributed by atoms with van der Waals surface area (Å²) in [6.07, 6.45) is 4.12. The lowest BCUT2D eigenvalue weighted by Gasteiger charge is -2.39. The predicted molar refractivity (Wildman–Crippen MR) is 123 cm³/mol. The van der Waals surface area contributed by atoms with Crippen LogP contribution in [-0.2, 0) is 9.59 Å². The smallest absolute Gasteiger partial charge is 0.247 e. The van der Waals surface area contributed by atoms with Crippen LogP contribution in [0.5, 0.6) is 0 Å². The van der Waals surface area contributed by atoms with Crippen LogP contribution in [0.25, 0.3) is 5.69 Å². The van der Waals surface area contributed by atoms with Crippen molar-refractivity contribution >= 4 is 17.5 Å². The van der Waals surface area contributed by atoms with E-state index >= 15 is 0 Å². The van der Waals surface area contributed by atoms with Crippen molar-refractivity contribution in [1.29, 1.82) is 0 Å². The van der Waals surface area contributed by atoms with Crippen LogP contribution in [0.4, 0.5) is 10.1 Å². The molecule has 2 heterocycles. The van der Waals surface area contributed by atoms with Gasteiger partial charge < -0.3 is 9.47 Å². The number of benzene rings is 2. The van der Waals surface area contributed by atoms with E-state index in [0.29, 0.717) is 13.0 Å². The summed E-state index contributed by atoms with van der Waals surface area (Å²) in [4.78, 5) is 29.7. The minimum atomic E-state index is -0.419. The Morgan fingerprint density at radius 2 is 1.69 bits per heavy atom. The maximum absolute atomic E-state index is 13.8. The van der Waals surface area contributed by atoms with Crippen LogP contribution >= 0.6 is 0 Å². The Morgan fingerprint density at radius 3 is 2.38 bits per heavy atom. The molecule has 2 aromatic carbocycles. The minimum Gasteiger partial charge on any atom is -0.333 e. The van der Waals surface area contributed by atoms with Crippen molar-refractivity contribution in [3.8, 4) is 5.69 Å². The number of para-hydroxylation sites is 2. The first-order valence-corrected chi connectivity index (χ1v) is 11.2. The fourth-order valence-corrected chi connectivity index (χ4v) is 4.33. The fourth-order valence-electron chi connectivity index (χ4n) is 4.33. The number of anilines is 1. The van der Waals surface area contributed by atoms with E-state index < -0.39 is 6.04 Å². The van der Waals surface area contributed by atoms with E-state index in [1.807, 2.05) is 49.5 Å². The first kappa shape index (κ1) is 21.8. The molecule has 1 unspecified atom stereocenters. The Hall–Kier alpha value is -3.41. The van der Waals surface area contributed by atoms with Gasteiger partial charge in [-0.1, -0.05) is 44.5 Å². The molecule has 1 atom stereocenters. The molecule has 166 valence electrons. The van der Waals surface area contributed by atoms with Crippen LogP contribution < -0.4 is 4.90 Å². The molecule has 1 aliphatic heterocycles. The maximum Gasteiger partial charge on any atom is 0.247 e. The van der Waals surface area contributed by atoms with E-state index in [1.165, 1.54) is 12.1 Å². The fraction of sp³-hybridized carbons (Fsp3) is 0.308. The van der Waals surface area contributed by atoms with Gasteiger partial charge in [-0.25, -0.2) is 4.39 Å². The average Bonchev–Trinajstić information content (AvgIpc) is 3.31. The summed E-state index contributed by atoms with van der Waals surface area (Å²) in [5.74, 6) is -0.506. The van der Waals surface area contributed by atoms with Gasteiger partial charge in [-0.15, -0.1) is 0 Å². The summed E-state index contributed by atoms with van der Waals surface area (Å²) >= 11 is 0. The zero-order valence-electron chi connectivity index (χ0n) is 18.5. The third-order valence-corrected chi connectivity index (χ3v) is 5.94. The highest BCUT2D eigenvalue weighted by molar-refractivity contribution is 6.00. The molecule has 2 amide bonds. The topological polar surface area (TPSA) is 45.6 Å². The van der Waals surface area contributed by atoms with E-state index in [2.05, 4.69) is 11.5 Å². The average molecular weight is 434 g/mol. The van der Waals surface area contributed by atoms with Gasteiger partial charge in [0.1, 0.15) is 18.4 Å². The Balaban J connectivity index is 1.78. The van der Waals surface area contributed by atoms with Gasteiger partial charge in [-0.2, -0.15) is 0 Å². The number of rotatable bonds is 7. The minimum absolute atomic E-state index is 0.0133. The Kier molecular flexibility index (Phi) is 6.40. The molecule has 0 saturated heterocycles. The number of aromatic nitrogens is 1. The summed E-state index contributed by atoms with van der Waals surface area (Å²) in [7, 11) is 0. The van der Waals surface area contributed by atoms with Crippen molar-refractivity contribution in [3.05, 3.63) is 83.9 Å². The molecular formula is C26H28FN3O2.